The largest absolute Gasteiger partial charge is 0.369 e. The summed E-state index contributed by atoms with van der Waals surface area (Å²) < 4.78 is 24.7. The van der Waals surface area contributed by atoms with E-state index in [-0.39, 0.29) is 29.7 Å². The van der Waals surface area contributed by atoms with E-state index in [2.05, 4.69) is 21.2 Å². The molecule has 6 rings (SSSR count). The van der Waals surface area contributed by atoms with E-state index in [4.69, 9.17) is 5.73 Å². The number of anilines is 1. The molecule has 5 saturated carbocycles. The molecule has 2 amide bonds. The van der Waals surface area contributed by atoms with Gasteiger partial charge in [-0.1, -0.05) is 12.1 Å². The number of rotatable bonds is 6. The van der Waals surface area contributed by atoms with Crippen molar-refractivity contribution < 1.29 is 18.4 Å². The summed E-state index contributed by atoms with van der Waals surface area (Å²) >= 11 is 1.12. The Labute approximate surface area is 193 Å². The predicted octanol–water partition coefficient (Wildman–Crippen LogP) is 3.11. The number of nitrogens with one attached hydrogen (secondary N) is 1. The van der Waals surface area contributed by atoms with Gasteiger partial charge >= 0.3 is 0 Å². The average Bonchev–Trinajstić information content (AvgIpc) is 2.67. The fourth-order valence-electron chi connectivity index (χ4n) is 6.96. The summed E-state index contributed by atoms with van der Waals surface area (Å²) in [7, 11) is 0. The Morgan fingerprint density at radius 1 is 1.16 bits per heavy atom. The van der Waals surface area contributed by atoms with Gasteiger partial charge in [-0.05, 0) is 97.2 Å². The standard InChI is InChI=1S/C22H28BrN3O4S/c23-16-4-1-2-5-17(16)26(31(29)30)22(6-3-7-22)20(28)25-18-14-8-13-9-15(18)12-21(10-13,11-14)19(24)27/h1-2,4-5,13-15,18H,3,6-12H2,(H2,24,27)(H,25,28)(H,29,30). The topological polar surface area (TPSA) is 113 Å². The number of halogens is 1. The molecule has 168 valence electrons. The number of primary amides is 1. The van der Waals surface area contributed by atoms with Crippen molar-refractivity contribution in [3.63, 3.8) is 0 Å². The molecule has 5 aliphatic carbocycles. The zero-order valence-corrected chi connectivity index (χ0v) is 19.7. The number of nitrogens with zero attached hydrogens (tertiary/aromatic N) is 1. The summed E-state index contributed by atoms with van der Waals surface area (Å²) in [5, 5.41) is 3.29. The lowest BCUT2D eigenvalue weighted by Crippen LogP contribution is -2.68. The Hall–Kier alpha value is -1.45. The van der Waals surface area contributed by atoms with Crippen molar-refractivity contribution in [1.82, 2.24) is 5.32 Å². The third kappa shape index (κ3) is 3.26. The molecule has 5 fully saturated rings. The summed E-state index contributed by atoms with van der Waals surface area (Å²) in [6.07, 6.45) is 6.30. The van der Waals surface area contributed by atoms with Crippen LogP contribution in [0.2, 0.25) is 0 Å². The lowest BCUT2D eigenvalue weighted by molar-refractivity contribution is -0.148. The van der Waals surface area contributed by atoms with Crippen LogP contribution < -0.4 is 15.4 Å². The van der Waals surface area contributed by atoms with Gasteiger partial charge in [0.2, 0.25) is 11.8 Å². The Balaban J connectivity index is 1.41. The molecule has 0 spiro atoms. The van der Waals surface area contributed by atoms with Gasteiger partial charge in [-0.3, -0.25) is 18.4 Å². The monoisotopic (exact) mass is 509 g/mol. The summed E-state index contributed by atoms with van der Waals surface area (Å²) in [6.45, 7) is 0. The first-order chi connectivity index (χ1) is 14.8. The molecule has 9 heteroatoms. The molecule has 1 aromatic carbocycles. The normalized spacial score (nSPS) is 35.8. The van der Waals surface area contributed by atoms with Gasteiger partial charge in [-0.2, -0.15) is 0 Å². The van der Waals surface area contributed by atoms with E-state index >= 15 is 0 Å². The van der Waals surface area contributed by atoms with Crippen LogP contribution in [0.15, 0.2) is 28.7 Å². The summed E-state index contributed by atoms with van der Waals surface area (Å²) in [5.41, 5.74) is 4.88. The first kappa shape index (κ1) is 21.4. The highest BCUT2D eigenvalue weighted by molar-refractivity contribution is 9.10. The first-order valence-electron chi connectivity index (χ1n) is 11.0. The first-order valence-corrected chi connectivity index (χ1v) is 12.9. The highest BCUT2D eigenvalue weighted by Gasteiger charge is 2.60. The van der Waals surface area contributed by atoms with Gasteiger partial charge in [-0.25, -0.2) is 4.21 Å². The van der Waals surface area contributed by atoms with Crippen LogP contribution in [-0.2, 0) is 20.9 Å². The van der Waals surface area contributed by atoms with Crippen molar-refractivity contribution in [3.8, 4) is 0 Å². The maximum absolute atomic E-state index is 13.7. The van der Waals surface area contributed by atoms with Crippen molar-refractivity contribution in [2.75, 3.05) is 4.31 Å². The highest BCUT2D eigenvalue weighted by Crippen LogP contribution is 2.60. The molecule has 3 unspecified atom stereocenters. The Morgan fingerprint density at radius 2 is 1.81 bits per heavy atom. The van der Waals surface area contributed by atoms with Crippen molar-refractivity contribution in [2.24, 2.45) is 28.9 Å². The van der Waals surface area contributed by atoms with E-state index in [9.17, 15) is 18.4 Å². The second-order valence-electron chi connectivity index (χ2n) is 9.98. The van der Waals surface area contributed by atoms with Crippen molar-refractivity contribution in [3.05, 3.63) is 28.7 Å². The smallest absolute Gasteiger partial charge is 0.262 e. The van der Waals surface area contributed by atoms with Gasteiger partial charge in [0.25, 0.3) is 11.3 Å². The molecule has 0 heterocycles. The van der Waals surface area contributed by atoms with Crippen LogP contribution in [0.3, 0.4) is 0 Å². The van der Waals surface area contributed by atoms with Crippen LogP contribution in [0.25, 0.3) is 0 Å². The fraction of sp³-hybridized carbons (Fsp3) is 0.636. The number of hydrogen-bond donors (Lipinski definition) is 3. The molecule has 7 nitrogen and oxygen atoms in total. The van der Waals surface area contributed by atoms with Gasteiger partial charge < -0.3 is 11.1 Å². The van der Waals surface area contributed by atoms with E-state index in [0.717, 1.165) is 38.5 Å². The molecule has 0 saturated heterocycles. The van der Waals surface area contributed by atoms with Crippen molar-refractivity contribution in [2.45, 2.75) is 62.9 Å². The average molecular weight is 510 g/mol. The van der Waals surface area contributed by atoms with E-state index in [1.807, 2.05) is 6.07 Å². The molecular formula is C22H28BrN3O4S. The van der Waals surface area contributed by atoms with Crippen LogP contribution in [0.4, 0.5) is 5.69 Å². The molecule has 0 aromatic heterocycles. The van der Waals surface area contributed by atoms with Crippen molar-refractivity contribution >= 4 is 44.7 Å². The summed E-state index contributed by atoms with van der Waals surface area (Å²) in [4.78, 5) is 25.9. The number of nitrogens with two attached hydrogens (primary N) is 1. The maximum atomic E-state index is 13.7. The minimum Gasteiger partial charge on any atom is -0.369 e. The molecule has 0 radical (unpaired) electrons. The lowest BCUT2D eigenvalue weighted by atomic mass is 9.47. The van der Waals surface area contributed by atoms with Gasteiger partial charge in [0.15, 0.2) is 0 Å². The van der Waals surface area contributed by atoms with Crippen LogP contribution >= 0.6 is 15.9 Å². The predicted molar refractivity (Wildman–Crippen MR) is 121 cm³/mol. The van der Waals surface area contributed by atoms with E-state index in [0.29, 0.717) is 28.9 Å². The molecule has 3 atom stereocenters. The minimum absolute atomic E-state index is 0.00203. The van der Waals surface area contributed by atoms with Crippen molar-refractivity contribution in [1.29, 1.82) is 0 Å². The lowest BCUT2D eigenvalue weighted by Gasteiger charge is -2.59. The van der Waals surface area contributed by atoms with Crippen LogP contribution in [0, 0.1) is 23.2 Å². The van der Waals surface area contributed by atoms with E-state index in [1.165, 1.54) is 4.31 Å². The Morgan fingerprint density at radius 3 is 2.32 bits per heavy atom. The molecule has 0 aliphatic heterocycles. The number of carbonyl (C=O) groups is 2. The van der Waals surface area contributed by atoms with Gasteiger partial charge in [-0.15, -0.1) is 0 Å². The summed E-state index contributed by atoms with van der Waals surface area (Å²) in [5.74, 6) is 0.635. The number of hydrogen-bond acceptors (Lipinski definition) is 3. The number of benzene rings is 1. The van der Waals surface area contributed by atoms with Crippen LogP contribution in [0.1, 0.15) is 51.4 Å². The zero-order valence-electron chi connectivity index (χ0n) is 17.3. The highest BCUT2D eigenvalue weighted by atomic mass is 79.9. The number of amides is 2. The van der Waals surface area contributed by atoms with Gasteiger partial charge in [0, 0.05) is 15.9 Å². The molecule has 1 aromatic rings. The van der Waals surface area contributed by atoms with E-state index in [1.54, 1.807) is 18.2 Å². The molecule has 31 heavy (non-hydrogen) atoms. The summed E-state index contributed by atoms with van der Waals surface area (Å²) in [6, 6.07) is 7.20. The quantitative estimate of drug-likeness (QED) is 0.511. The fourth-order valence-corrected chi connectivity index (χ4v) is 8.43. The second-order valence-corrected chi connectivity index (χ2v) is 11.7. The third-order valence-electron chi connectivity index (χ3n) is 8.31. The third-order valence-corrected chi connectivity index (χ3v) is 9.84. The molecular weight excluding hydrogens is 482 g/mol. The molecule has 4 N–H and O–H groups in total. The van der Waals surface area contributed by atoms with Crippen LogP contribution in [-0.4, -0.2) is 32.2 Å². The SMILES string of the molecule is NC(=O)C12CC3CC(C1)C(NC(=O)C1(N(c4ccccc4Br)S(=O)O)CCC1)C(C3)C2. The minimum atomic E-state index is -2.35. The van der Waals surface area contributed by atoms with Gasteiger partial charge in [0.1, 0.15) is 5.54 Å². The maximum Gasteiger partial charge on any atom is 0.262 e. The molecule has 4 bridgehead atoms. The zero-order chi connectivity index (χ0) is 22.0. The van der Waals surface area contributed by atoms with Crippen LogP contribution in [0.5, 0.6) is 0 Å². The molecule has 5 aliphatic rings. The number of carbonyl (C=O) groups excluding carboxylic acids is 2. The van der Waals surface area contributed by atoms with Gasteiger partial charge in [0.05, 0.1) is 5.69 Å². The second kappa shape index (κ2) is 7.56. The number of para-hydroxylation sites is 1. The Bertz CT molecular complexity index is 936. The van der Waals surface area contributed by atoms with E-state index < -0.39 is 22.2 Å². The Kier molecular flexibility index (Phi) is 5.22.